The highest BCUT2D eigenvalue weighted by molar-refractivity contribution is 5.79. The standard InChI is InChI=1S/C29H34N6O/c30-16-21-11-13-24(14-12-21)29(36)34-26(28-31-17-27(33-28)23-9-5-2-6-10-23)15-25-19-35(20-32-25)18-22-7-3-1-4-8-22/h1-10,17,19-21,24,26H,11-16,18,30H2,(H,31,33)(H,34,36)/t21?,24?,26-/m0/s1. The van der Waals surface area contributed by atoms with Gasteiger partial charge in [0.25, 0.3) is 0 Å². The average molecular weight is 483 g/mol. The number of benzene rings is 2. The van der Waals surface area contributed by atoms with Gasteiger partial charge in [-0.15, -0.1) is 0 Å². The van der Waals surface area contributed by atoms with E-state index in [2.05, 4.69) is 43.2 Å². The molecule has 0 unspecified atom stereocenters. The van der Waals surface area contributed by atoms with Crippen LogP contribution >= 0.6 is 0 Å². The van der Waals surface area contributed by atoms with Crippen molar-refractivity contribution in [3.8, 4) is 11.3 Å². The van der Waals surface area contributed by atoms with Gasteiger partial charge in [0, 0.05) is 25.1 Å². The Bertz CT molecular complexity index is 1240. The molecule has 0 radical (unpaired) electrons. The topological polar surface area (TPSA) is 102 Å². The van der Waals surface area contributed by atoms with Gasteiger partial charge in [0.15, 0.2) is 0 Å². The minimum atomic E-state index is -0.290. The number of hydrogen-bond acceptors (Lipinski definition) is 4. The van der Waals surface area contributed by atoms with E-state index in [0.717, 1.165) is 55.0 Å². The van der Waals surface area contributed by atoms with Crippen LogP contribution in [-0.4, -0.2) is 32.0 Å². The smallest absolute Gasteiger partial charge is 0.223 e. The van der Waals surface area contributed by atoms with Crippen LogP contribution in [0.2, 0.25) is 0 Å². The van der Waals surface area contributed by atoms with Gasteiger partial charge in [0.2, 0.25) is 5.91 Å². The Morgan fingerprint density at radius 1 is 1.03 bits per heavy atom. The number of H-pyrrole nitrogens is 1. The van der Waals surface area contributed by atoms with Crippen LogP contribution in [0.3, 0.4) is 0 Å². The SMILES string of the molecule is NCC1CCC(C(=O)N[C@@H](Cc2cn(Cc3ccccc3)cn2)c2ncc(-c3ccccc3)[nH]2)CC1. The van der Waals surface area contributed by atoms with E-state index in [1.54, 1.807) is 0 Å². The van der Waals surface area contributed by atoms with Crippen LogP contribution in [0.15, 0.2) is 79.4 Å². The van der Waals surface area contributed by atoms with E-state index in [1.165, 1.54) is 5.56 Å². The maximum absolute atomic E-state index is 13.3. The predicted molar refractivity (Wildman–Crippen MR) is 141 cm³/mol. The van der Waals surface area contributed by atoms with Crippen molar-refractivity contribution in [2.45, 2.75) is 44.7 Å². The van der Waals surface area contributed by atoms with Gasteiger partial charge in [-0.3, -0.25) is 4.79 Å². The maximum atomic E-state index is 13.3. The monoisotopic (exact) mass is 482 g/mol. The number of amides is 1. The van der Waals surface area contributed by atoms with Gasteiger partial charge < -0.3 is 20.6 Å². The van der Waals surface area contributed by atoms with Crippen molar-refractivity contribution in [3.05, 3.63) is 96.5 Å². The van der Waals surface area contributed by atoms with Crippen molar-refractivity contribution >= 4 is 5.91 Å². The molecule has 7 heteroatoms. The van der Waals surface area contributed by atoms with Crippen LogP contribution in [0.1, 0.15) is 48.8 Å². The van der Waals surface area contributed by atoms with E-state index in [9.17, 15) is 4.79 Å². The Hall–Kier alpha value is -3.71. The van der Waals surface area contributed by atoms with Crippen LogP contribution in [-0.2, 0) is 17.8 Å². The predicted octanol–water partition coefficient (Wildman–Crippen LogP) is 4.49. The summed E-state index contributed by atoms with van der Waals surface area (Å²) in [6, 6.07) is 20.1. The first-order chi connectivity index (χ1) is 17.7. The summed E-state index contributed by atoms with van der Waals surface area (Å²) in [5, 5.41) is 3.29. The number of hydrogen-bond donors (Lipinski definition) is 3. The van der Waals surface area contributed by atoms with Crippen molar-refractivity contribution in [3.63, 3.8) is 0 Å². The molecule has 1 saturated carbocycles. The van der Waals surface area contributed by atoms with Crippen molar-refractivity contribution in [2.75, 3.05) is 6.54 Å². The van der Waals surface area contributed by atoms with Crippen molar-refractivity contribution in [2.24, 2.45) is 17.6 Å². The molecule has 2 aromatic carbocycles. The van der Waals surface area contributed by atoms with Crippen LogP contribution in [0, 0.1) is 11.8 Å². The lowest BCUT2D eigenvalue weighted by Crippen LogP contribution is -2.37. The fourth-order valence-corrected chi connectivity index (χ4v) is 5.05. The van der Waals surface area contributed by atoms with Gasteiger partial charge in [0.1, 0.15) is 5.82 Å². The molecule has 0 spiro atoms. The molecule has 1 aliphatic carbocycles. The lowest BCUT2D eigenvalue weighted by Gasteiger charge is -2.28. The number of carbonyl (C=O) groups excluding carboxylic acids is 1. The van der Waals surface area contributed by atoms with E-state index in [1.807, 2.05) is 61.1 Å². The first kappa shape index (κ1) is 24.0. The summed E-state index contributed by atoms with van der Waals surface area (Å²) in [4.78, 5) is 26.0. The third-order valence-corrected chi connectivity index (χ3v) is 7.19. The highest BCUT2D eigenvalue weighted by atomic mass is 16.2. The molecular formula is C29H34N6O. The maximum Gasteiger partial charge on any atom is 0.223 e. The molecule has 1 fully saturated rings. The zero-order chi connectivity index (χ0) is 24.7. The van der Waals surface area contributed by atoms with Crippen molar-refractivity contribution in [1.82, 2.24) is 24.8 Å². The molecule has 1 atom stereocenters. The molecule has 4 N–H and O–H groups in total. The van der Waals surface area contributed by atoms with E-state index in [-0.39, 0.29) is 17.9 Å². The molecule has 186 valence electrons. The summed E-state index contributed by atoms with van der Waals surface area (Å²) in [5.41, 5.74) is 9.98. The summed E-state index contributed by atoms with van der Waals surface area (Å²) in [6.07, 6.45) is 10.1. The Morgan fingerprint density at radius 2 is 1.75 bits per heavy atom. The van der Waals surface area contributed by atoms with E-state index < -0.39 is 0 Å². The van der Waals surface area contributed by atoms with Crippen LogP contribution in [0.4, 0.5) is 0 Å². The van der Waals surface area contributed by atoms with Gasteiger partial charge in [-0.05, 0) is 49.3 Å². The largest absolute Gasteiger partial charge is 0.346 e. The van der Waals surface area contributed by atoms with E-state index in [0.29, 0.717) is 18.9 Å². The molecule has 0 bridgehead atoms. The van der Waals surface area contributed by atoms with Crippen molar-refractivity contribution < 1.29 is 4.79 Å². The molecule has 1 amide bonds. The van der Waals surface area contributed by atoms with Crippen LogP contribution in [0.5, 0.6) is 0 Å². The lowest BCUT2D eigenvalue weighted by molar-refractivity contribution is -0.127. The molecule has 1 aliphatic rings. The molecule has 2 heterocycles. The summed E-state index contributed by atoms with van der Waals surface area (Å²) < 4.78 is 2.08. The number of carbonyl (C=O) groups is 1. The Labute approximate surface area is 212 Å². The first-order valence-corrected chi connectivity index (χ1v) is 12.8. The molecule has 7 nitrogen and oxygen atoms in total. The number of nitrogens with one attached hydrogen (secondary N) is 2. The second kappa shape index (κ2) is 11.4. The molecule has 0 saturated heterocycles. The Kier molecular flexibility index (Phi) is 7.57. The quantitative estimate of drug-likeness (QED) is 0.327. The fourth-order valence-electron chi connectivity index (χ4n) is 5.05. The summed E-state index contributed by atoms with van der Waals surface area (Å²) >= 11 is 0. The zero-order valence-electron chi connectivity index (χ0n) is 20.5. The number of nitrogens with zero attached hydrogens (tertiary/aromatic N) is 3. The van der Waals surface area contributed by atoms with Gasteiger partial charge in [0.05, 0.1) is 30.0 Å². The highest BCUT2D eigenvalue weighted by Gasteiger charge is 2.28. The van der Waals surface area contributed by atoms with Gasteiger partial charge in [-0.2, -0.15) is 0 Å². The number of aromatic amines is 1. The van der Waals surface area contributed by atoms with E-state index >= 15 is 0 Å². The van der Waals surface area contributed by atoms with Gasteiger partial charge in [-0.1, -0.05) is 60.7 Å². The molecule has 0 aliphatic heterocycles. The highest BCUT2D eigenvalue weighted by Crippen LogP contribution is 2.29. The minimum Gasteiger partial charge on any atom is -0.346 e. The van der Waals surface area contributed by atoms with Crippen molar-refractivity contribution in [1.29, 1.82) is 0 Å². The number of nitrogens with two attached hydrogens (primary N) is 1. The Morgan fingerprint density at radius 3 is 2.47 bits per heavy atom. The summed E-state index contributed by atoms with van der Waals surface area (Å²) in [7, 11) is 0. The number of imidazole rings is 2. The second-order valence-electron chi connectivity index (χ2n) is 9.79. The molecule has 2 aromatic heterocycles. The third-order valence-electron chi connectivity index (χ3n) is 7.19. The van der Waals surface area contributed by atoms with Crippen LogP contribution in [0.25, 0.3) is 11.3 Å². The lowest BCUT2D eigenvalue weighted by atomic mass is 9.81. The molecule has 4 aromatic rings. The Balaban J connectivity index is 1.33. The molecule has 36 heavy (non-hydrogen) atoms. The third kappa shape index (κ3) is 5.91. The molecule has 5 rings (SSSR count). The zero-order valence-corrected chi connectivity index (χ0v) is 20.5. The van der Waals surface area contributed by atoms with Gasteiger partial charge >= 0.3 is 0 Å². The van der Waals surface area contributed by atoms with Crippen LogP contribution < -0.4 is 11.1 Å². The first-order valence-electron chi connectivity index (χ1n) is 12.8. The number of aromatic nitrogens is 4. The molecular weight excluding hydrogens is 448 g/mol. The fraction of sp³-hybridized carbons (Fsp3) is 0.345. The van der Waals surface area contributed by atoms with E-state index in [4.69, 9.17) is 5.73 Å². The summed E-state index contributed by atoms with van der Waals surface area (Å²) in [6.45, 7) is 1.46. The van der Waals surface area contributed by atoms with Gasteiger partial charge in [-0.25, -0.2) is 9.97 Å². The number of rotatable bonds is 9. The second-order valence-corrected chi connectivity index (χ2v) is 9.79. The normalized spacial score (nSPS) is 18.6. The summed E-state index contributed by atoms with van der Waals surface area (Å²) in [5.74, 6) is 1.40. The minimum absolute atomic E-state index is 0.0227. The average Bonchev–Trinajstić information content (AvgIpc) is 3.59.